The van der Waals surface area contributed by atoms with Crippen LogP contribution in [0.15, 0.2) is 23.2 Å². The Morgan fingerprint density at radius 2 is 2.08 bits per heavy atom. The number of ether oxygens (including phenoxy) is 1. The first kappa shape index (κ1) is 16.4. The van der Waals surface area contributed by atoms with Gasteiger partial charge in [0.15, 0.2) is 0 Å². The highest BCUT2D eigenvalue weighted by Gasteiger charge is 2.43. The fraction of sp³-hybridized carbons (Fsp3) is 0.438. The molecule has 0 radical (unpaired) electrons. The minimum atomic E-state index is -1.62. The van der Waals surface area contributed by atoms with Gasteiger partial charge in [-0.3, -0.25) is 4.84 Å². The number of carboxylic acids is 1. The van der Waals surface area contributed by atoms with E-state index in [1.54, 1.807) is 0 Å². The molecule has 2 aliphatic heterocycles. The summed E-state index contributed by atoms with van der Waals surface area (Å²) in [6.07, 6.45) is 1.50. The summed E-state index contributed by atoms with van der Waals surface area (Å²) in [7, 11) is 0. The Labute approximate surface area is 139 Å². The molecule has 1 fully saturated rings. The molecule has 1 atom stereocenters. The molecule has 1 aromatic rings. The molecule has 0 saturated carbocycles. The molecule has 0 amide bonds. The van der Waals surface area contributed by atoms with E-state index in [-0.39, 0.29) is 4.65 Å². The highest BCUT2D eigenvalue weighted by atomic mass is 16.8. The summed E-state index contributed by atoms with van der Waals surface area (Å²) in [5, 5.41) is 8.91. The van der Waals surface area contributed by atoms with E-state index in [9.17, 15) is 9.59 Å². The molecule has 0 bridgehead atoms. The number of benzene rings is 1. The van der Waals surface area contributed by atoms with Gasteiger partial charge in [-0.05, 0) is 18.6 Å². The Bertz CT molecular complexity index is 684. The minimum absolute atomic E-state index is 0.335. The molecule has 2 aliphatic rings. The maximum absolute atomic E-state index is 11.7. The zero-order valence-corrected chi connectivity index (χ0v) is 13.5. The van der Waals surface area contributed by atoms with Gasteiger partial charge in [0.1, 0.15) is 12.2 Å². The standard InChI is InChI=1S/C16H19N3O5/c1-12-2-3-14(13(10-12)18-5-8-23-9-6-18)19(7-4-17-11-19)24-16(22)15(20)21/h2-3,10-11H,4-9H2,1H3/p+1. The number of carboxylic acid groups (broad SMARTS) is 1. The second-order valence-electron chi connectivity index (χ2n) is 5.82. The molecule has 0 spiro atoms. The summed E-state index contributed by atoms with van der Waals surface area (Å²) in [5.41, 5.74) is 2.68. The van der Waals surface area contributed by atoms with Gasteiger partial charge in [-0.1, -0.05) is 10.7 Å². The van der Waals surface area contributed by atoms with Crippen LogP contribution in [0.4, 0.5) is 11.4 Å². The summed E-state index contributed by atoms with van der Waals surface area (Å²) in [4.78, 5) is 34.3. The van der Waals surface area contributed by atoms with Crippen molar-refractivity contribution in [2.24, 2.45) is 4.99 Å². The summed E-state index contributed by atoms with van der Waals surface area (Å²) < 4.78 is 5.07. The first-order valence-corrected chi connectivity index (χ1v) is 7.81. The van der Waals surface area contributed by atoms with Gasteiger partial charge >= 0.3 is 11.9 Å². The molecule has 1 aromatic carbocycles. The number of aryl methyl sites for hydroxylation is 1. The number of anilines is 1. The monoisotopic (exact) mass is 334 g/mol. The number of hydrogen-bond acceptors (Lipinski definition) is 6. The maximum atomic E-state index is 11.7. The van der Waals surface area contributed by atoms with E-state index in [2.05, 4.69) is 9.89 Å². The molecule has 8 nitrogen and oxygen atoms in total. The van der Waals surface area contributed by atoms with Gasteiger partial charge in [-0.25, -0.2) is 14.6 Å². The largest absolute Gasteiger partial charge is 0.475 e. The molecular weight excluding hydrogens is 314 g/mol. The number of quaternary nitrogens is 1. The van der Waals surface area contributed by atoms with Crippen LogP contribution in [0.25, 0.3) is 0 Å². The van der Waals surface area contributed by atoms with Crippen LogP contribution < -0.4 is 9.55 Å². The van der Waals surface area contributed by atoms with E-state index < -0.39 is 11.9 Å². The zero-order chi connectivity index (χ0) is 17.2. The molecule has 3 rings (SSSR count). The number of rotatable bonds is 3. The lowest BCUT2D eigenvalue weighted by atomic mass is 10.1. The third-order valence-electron chi connectivity index (χ3n) is 4.14. The molecule has 128 valence electrons. The van der Waals surface area contributed by atoms with Gasteiger partial charge in [-0.2, -0.15) is 0 Å². The molecule has 2 heterocycles. The zero-order valence-electron chi connectivity index (χ0n) is 13.5. The van der Waals surface area contributed by atoms with Crippen LogP contribution in [0.5, 0.6) is 0 Å². The predicted octanol–water partition coefficient (Wildman–Crippen LogP) is 0.724. The third kappa shape index (κ3) is 3.10. The van der Waals surface area contributed by atoms with Crippen molar-refractivity contribution in [2.45, 2.75) is 6.92 Å². The molecule has 1 unspecified atom stereocenters. The topological polar surface area (TPSA) is 88.4 Å². The van der Waals surface area contributed by atoms with Crippen molar-refractivity contribution in [3.8, 4) is 0 Å². The quantitative estimate of drug-likeness (QED) is 0.647. The minimum Gasteiger partial charge on any atom is -0.473 e. The molecular formula is C16H20N3O5+. The Morgan fingerprint density at radius 1 is 1.33 bits per heavy atom. The lowest BCUT2D eigenvalue weighted by molar-refractivity contribution is -0.180. The highest BCUT2D eigenvalue weighted by Crippen LogP contribution is 2.36. The lowest BCUT2D eigenvalue weighted by Gasteiger charge is -2.33. The van der Waals surface area contributed by atoms with Crippen molar-refractivity contribution < 1.29 is 24.3 Å². The average Bonchev–Trinajstić information content (AvgIpc) is 3.05. The van der Waals surface area contributed by atoms with Crippen molar-refractivity contribution in [3.05, 3.63) is 23.8 Å². The molecule has 1 saturated heterocycles. The Balaban J connectivity index is 2.03. The maximum Gasteiger partial charge on any atom is 0.475 e. The summed E-state index contributed by atoms with van der Waals surface area (Å²) in [6.45, 7) is 5.51. The molecule has 0 aromatic heterocycles. The highest BCUT2D eigenvalue weighted by molar-refractivity contribution is 6.29. The third-order valence-corrected chi connectivity index (χ3v) is 4.14. The Kier molecular flexibility index (Phi) is 4.50. The SMILES string of the molecule is Cc1ccc([N+]2(OC(=O)C(=O)O)C=NCC2)c(N2CCOCC2)c1. The number of aliphatic carboxylic acids is 1. The van der Waals surface area contributed by atoms with Crippen molar-refractivity contribution >= 4 is 29.7 Å². The summed E-state index contributed by atoms with van der Waals surface area (Å²) in [6, 6.07) is 5.80. The van der Waals surface area contributed by atoms with Crippen LogP contribution in [0.1, 0.15) is 5.56 Å². The number of carbonyl (C=O) groups is 2. The van der Waals surface area contributed by atoms with E-state index in [4.69, 9.17) is 14.7 Å². The smallest absolute Gasteiger partial charge is 0.473 e. The van der Waals surface area contributed by atoms with Crippen molar-refractivity contribution in [1.29, 1.82) is 0 Å². The molecule has 24 heavy (non-hydrogen) atoms. The van der Waals surface area contributed by atoms with E-state index in [0.717, 1.165) is 24.3 Å². The van der Waals surface area contributed by atoms with E-state index in [1.165, 1.54) is 6.34 Å². The predicted molar refractivity (Wildman–Crippen MR) is 88.0 cm³/mol. The van der Waals surface area contributed by atoms with Crippen molar-refractivity contribution in [3.63, 3.8) is 0 Å². The Morgan fingerprint density at radius 3 is 2.71 bits per heavy atom. The number of morpholine rings is 1. The first-order chi connectivity index (χ1) is 11.5. The summed E-state index contributed by atoms with van der Waals surface area (Å²) >= 11 is 0. The average molecular weight is 334 g/mol. The number of hydroxylamine groups is 2. The fourth-order valence-electron chi connectivity index (χ4n) is 2.95. The van der Waals surface area contributed by atoms with Crippen molar-refractivity contribution in [2.75, 3.05) is 44.3 Å². The van der Waals surface area contributed by atoms with Gasteiger partial charge in [0.05, 0.1) is 19.8 Å². The van der Waals surface area contributed by atoms with Crippen molar-refractivity contribution in [1.82, 2.24) is 4.65 Å². The number of aliphatic imine (C=N–C) groups is 1. The molecule has 8 heteroatoms. The van der Waals surface area contributed by atoms with Gasteiger partial charge < -0.3 is 14.7 Å². The van der Waals surface area contributed by atoms with Gasteiger partial charge in [0.2, 0.25) is 12.0 Å². The van der Waals surface area contributed by atoms with Crippen LogP contribution in [0.2, 0.25) is 0 Å². The lowest BCUT2D eigenvalue weighted by Crippen LogP contribution is -2.50. The van der Waals surface area contributed by atoms with Gasteiger partial charge in [0.25, 0.3) is 0 Å². The van der Waals surface area contributed by atoms with E-state index in [0.29, 0.717) is 32.0 Å². The van der Waals surface area contributed by atoms with E-state index in [1.807, 2.05) is 25.1 Å². The van der Waals surface area contributed by atoms with Gasteiger partial charge in [0, 0.05) is 19.2 Å². The van der Waals surface area contributed by atoms with Crippen LogP contribution in [-0.4, -0.2) is 62.8 Å². The molecule has 0 aliphatic carbocycles. The van der Waals surface area contributed by atoms with Crippen LogP contribution in [-0.2, 0) is 19.2 Å². The summed E-state index contributed by atoms with van der Waals surface area (Å²) in [5.74, 6) is -2.91. The fourth-order valence-corrected chi connectivity index (χ4v) is 2.95. The number of carbonyl (C=O) groups excluding carboxylic acids is 1. The van der Waals surface area contributed by atoms with Crippen LogP contribution in [0, 0.1) is 6.92 Å². The normalized spacial score (nSPS) is 23.3. The first-order valence-electron chi connectivity index (χ1n) is 7.81. The number of hydrogen-bond donors (Lipinski definition) is 1. The number of nitrogens with zero attached hydrogens (tertiary/aromatic N) is 3. The van der Waals surface area contributed by atoms with E-state index >= 15 is 0 Å². The second-order valence-corrected chi connectivity index (χ2v) is 5.82. The van der Waals surface area contributed by atoms with Gasteiger partial charge in [-0.15, -0.1) is 0 Å². The molecule has 1 N–H and O–H groups in total. The Hall–Kier alpha value is -2.45. The van der Waals surface area contributed by atoms with Crippen LogP contribution >= 0.6 is 0 Å². The second kappa shape index (κ2) is 6.58. The van der Waals surface area contributed by atoms with Crippen LogP contribution in [0.3, 0.4) is 0 Å².